The number of hydrogen-bond acceptors (Lipinski definition) is 5. The third-order valence-electron chi connectivity index (χ3n) is 9.52. The van der Waals surface area contributed by atoms with Crippen molar-refractivity contribution in [3.05, 3.63) is 94.8 Å². The highest BCUT2D eigenvalue weighted by atomic mass is 35.5. The van der Waals surface area contributed by atoms with Gasteiger partial charge in [-0.3, -0.25) is 9.59 Å². The molecule has 0 spiro atoms. The number of aliphatic hydroxyl groups excluding tert-OH is 1. The number of allylic oxidation sites excluding steroid dienone is 4. The largest absolute Gasteiger partial charge is 0.512 e. The monoisotopic (exact) mass is 604 g/mol. The molecule has 2 aromatic carbocycles. The van der Waals surface area contributed by atoms with Crippen molar-refractivity contribution >= 4 is 51.5 Å². The number of nitrogens with zero attached hydrogens (tertiary/aromatic N) is 2. The van der Waals surface area contributed by atoms with Crippen LogP contribution < -0.4 is 4.90 Å². The quantitative estimate of drug-likeness (QED) is 0.244. The lowest BCUT2D eigenvalue weighted by Crippen LogP contribution is -2.37. The highest BCUT2D eigenvalue weighted by Gasteiger charge is 2.51. The van der Waals surface area contributed by atoms with Crippen molar-refractivity contribution in [3.8, 4) is 5.75 Å². The first-order chi connectivity index (χ1) is 20.3. The molecule has 4 aliphatic rings. The summed E-state index contributed by atoms with van der Waals surface area (Å²) in [6, 6.07) is 12.1. The molecule has 1 aromatic heterocycles. The van der Waals surface area contributed by atoms with Gasteiger partial charge in [0.25, 0.3) is 11.8 Å². The van der Waals surface area contributed by atoms with Crippen LogP contribution in [-0.4, -0.2) is 51.8 Å². The van der Waals surface area contributed by atoms with E-state index in [2.05, 4.69) is 19.1 Å². The van der Waals surface area contributed by atoms with Gasteiger partial charge in [-0.25, -0.2) is 0 Å². The van der Waals surface area contributed by atoms with Gasteiger partial charge in [-0.2, -0.15) is 0 Å². The summed E-state index contributed by atoms with van der Waals surface area (Å²) in [6.07, 6.45) is 7.42. The molecule has 2 N–H and O–H groups in total. The number of hydrogen-bond donors (Lipinski definition) is 2. The molecule has 4 atom stereocenters. The average molecular weight is 606 g/mol. The molecule has 0 saturated carbocycles. The van der Waals surface area contributed by atoms with E-state index in [-0.39, 0.29) is 46.2 Å². The van der Waals surface area contributed by atoms with E-state index in [1.807, 2.05) is 24.3 Å². The number of phenolic OH excluding ortho intramolecular Hbond substituents is 1. The summed E-state index contributed by atoms with van der Waals surface area (Å²) >= 11 is 12.8. The van der Waals surface area contributed by atoms with E-state index in [1.165, 1.54) is 12.1 Å². The van der Waals surface area contributed by atoms with Gasteiger partial charge >= 0.3 is 0 Å². The van der Waals surface area contributed by atoms with Crippen LogP contribution in [0.25, 0.3) is 10.8 Å². The molecular weight excluding hydrogens is 575 g/mol. The SMILES string of the molecule is CC12CC=CCC1C(O)=CC1=C2[C@H](CCl)CN1C(=O)c1ccc(C(=O)N2C[C@@H](CCl)c3c2cc(O)c2ccccc32)o1. The first-order valence-electron chi connectivity index (χ1n) is 14.2. The summed E-state index contributed by atoms with van der Waals surface area (Å²) in [4.78, 5) is 30.8. The van der Waals surface area contributed by atoms with Gasteiger partial charge in [0.2, 0.25) is 0 Å². The number of carbonyl (C=O) groups is 2. The van der Waals surface area contributed by atoms with Crippen molar-refractivity contribution in [1.29, 1.82) is 0 Å². The van der Waals surface area contributed by atoms with Crippen LogP contribution in [-0.2, 0) is 0 Å². The maximum absolute atomic E-state index is 13.8. The zero-order valence-corrected chi connectivity index (χ0v) is 24.5. The van der Waals surface area contributed by atoms with Crippen molar-refractivity contribution in [1.82, 2.24) is 4.90 Å². The van der Waals surface area contributed by atoms with Gasteiger partial charge in [0, 0.05) is 65.2 Å². The molecule has 2 unspecified atom stereocenters. The Morgan fingerprint density at radius 2 is 1.62 bits per heavy atom. The second-order valence-electron chi connectivity index (χ2n) is 11.8. The molecule has 7 rings (SSSR count). The number of fused-ring (bicyclic) bond motifs is 5. The van der Waals surface area contributed by atoms with Crippen LogP contribution in [0.4, 0.5) is 5.69 Å². The molecule has 3 aromatic rings. The molecule has 42 heavy (non-hydrogen) atoms. The number of alkyl halides is 2. The number of phenols is 1. The molecule has 0 radical (unpaired) electrons. The van der Waals surface area contributed by atoms with Crippen LogP contribution in [0.15, 0.2) is 82.1 Å². The summed E-state index contributed by atoms with van der Waals surface area (Å²) in [7, 11) is 0. The fourth-order valence-electron chi connectivity index (χ4n) is 7.52. The van der Waals surface area contributed by atoms with Crippen LogP contribution >= 0.6 is 23.2 Å². The molecule has 2 amide bonds. The Morgan fingerprint density at radius 3 is 2.33 bits per heavy atom. The Bertz CT molecular complexity index is 1740. The van der Waals surface area contributed by atoms with Gasteiger partial charge in [-0.05, 0) is 47.6 Å². The number of aromatic hydroxyl groups is 1. The number of amides is 2. The molecule has 2 aliphatic carbocycles. The van der Waals surface area contributed by atoms with Crippen molar-refractivity contribution in [3.63, 3.8) is 0 Å². The molecule has 2 aliphatic heterocycles. The smallest absolute Gasteiger partial charge is 0.294 e. The minimum atomic E-state index is -0.419. The summed E-state index contributed by atoms with van der Waals surface area (Å²) < 4.78 is 5.91. The normalized spacial score (nSPS) is 26.4. The number of aliphatic hydroxyl groups is 1. The standard InChI is InChI=1S/C33H30Cl2N2O5/c1-33-11-5-4-8-22(33)26(39)13-24-30(33)19(15-35)17-37(24)32(41)28-10-9-27(42-28)31(40)36-16-18(14-34)29-21-7-3-2-6-20(21)25(38)12-23(29)36/h2-7,9-10,12-13,18-19,22,38-39H,8,11,14-17H2,1H3/t18-,19-,22?,33?/m1/s1. The second kappa shape index (κ2) is 9.96. The summed E-state index contributed by atoms with van der Waals surface area (Å²) in [5.74, 6) is -0.00477. The first-order valence-corrected chi connectivity index (χ1v) is 15.2. The summed E-state index contributed by atoms with van der Waals surface area (Å²) in [5, 5.41) is 23.2. The Labute approximate surface area is 253 Å². The summed E-state index contributed by atoms with van der Waals surface area (Å²) in [6.45, 7) is 2.84. The Balaban J connectivity index is 1.21. The van der Waals surface area contributed by atoms with Crippen molar-refractivity contribution in [2.75, 3.05) is 29.7 Å². The number of halogens is 2. The number of anilines is 1. The van der Waals surface area contributed by atoms with Crippen LogP contribution in [0.5, 0.6) is 5.75 Å². The lowest BCUT2D eigenvalue weighted by molar-refractivity contribution is 0.0780. The minimum Gasteiger partial charge on any atom is -0.512 e. The van der Waals surface area contributed by atoms with Crippen LogP contribution in [0.2, 0.25) is 0 Å². The van der Waals surface area contributed by atoms with Gasteiger partial charge in [0.15, 0.2) is 11.5 Å². The second-order valence-corrected chi connectivity index (χ2v) is 12.4. The van der Waals surface area contributed by atoms with Gasteiger partial charge in [-0.1, -0.05) is 43.3 Å². The molecule has 216 valence electrons. The lowest BCUT2D eigenvalue weighted by Gasteiger charge is -2.44. The minimum absolute atomic E-state index is 0.0148. The van der Waals surface area contributed by atoms with E-state index in [1.54, 1.807) is 21.9 Å². The molecule has 0 bridgehead atoms. The fourth-order valence-corrected chi connectivity index (χ4v) is 8.03. The van der Waals surface area contributed by atoms with Crippen LogP contribution in [0.1, 0.15) is 52.4 Å². The van der Waals surface area contributed by atoms with Crippen molar-refractivity contribution in [2.45, 2.75) is 25.7 Å². The lowest BCUT2D eigenvalue weighted by atomic mass is 9.60. The van der Waals surface area contributed by atoms with E-state index >= 15 is 0 Å². The van der Waals surface area contributed by atoms with E-state index in [0.717, 1.165) is 29.4 Å². The molecule has 0 saturated heterocycles. The third-order valence-corrected chi connectivity index (χ3v) is 10.3. The van der Waals surface area contributed by atoms with E-state index in [9.17, 15) is 19.8 Å². The molecule has 0 fully saturated rings. The third kappa shape index (κ3) is 3.86. The zero-order valence-electron chi connectivity index (χ0n) is 23.0. The number of benzene rings is 2. The van der Waals surface area contributed by atoms with E-state index < -0.39 is 11.8 Å². The maximum Gasteiger partial charge on any atom is 0.294 e. The van der Waals surface area contributed by atoms with Gasteiger partial charge < -0.3 is 24.4 Å². The Kier molecular flexibility index (Phi) is 6.44. The van der Waals surface area contributed by atoms with Crippen LogP contribution in [0, 0.1) is 17.3 Å². The highest BCUT2D eigenvalue weighted by molar-refractivity contribution is 6.19. The molecular formula is C33H30Cl2N2O5. The molecule has 3 heterocycles. The van der Waals surface area contributed by atoms with Gasteiger partial charge in [0.1, 0.15) is 5.75 Å². The summed E-state index contributed by atoms with van der Waals surface area (Å²) in [5.41, 5.74) is 2.92. The maximum atomic E-state index is 13.8. The van der Waals surface area contributed by atoms with Gasteiger partial charge in [0.05, 0.1) is 11.4 Å². The predicted octanol–water partition coefficient (Wildman–Crippen LogP) is 7.11. The topological polar surface area (TPSA) is 94.2 Å². The Morgan fingerprint density at radius 1 is 0.952 bits per heavy atom. The van der Waals surface area contributed by atoms with Gasteiger partial charge in [-0.15, -0.1) is 23.2 Å². The van der Waals surface area contributed by atoms with Crippen molar-refractivity contribution in [2.24, 2.45) is 17.3 Å². The number of furan rings is 1. The van der Waals surface area contributed by atoms with Crippen molar-refractivity contribution < 1.29 is 24.2 Å². The average Bonchev–Trinajstić information content (AvgIpc) is 3.73. The van der Waals surface area contributed by atoms with Crippen LogP contribution in [0.3, 0.4) is 0 Å². The predicted molar refractivity (Wildman–Crippen MR) is 162 cm³/mol. The van der Waals surface area contributed by atoms with E-state index in [4.69, 9.17) is 27.6 Å². The molecule has 9 heteroatoms. The molecule has 7 nitrogen and oxygen atoms in total. The zero-order chi connectivity index (χ0) is 29.3. The van der Waals surface area contributed by atoms with E-state index in [0.29, 0.717) is 41.6 Å². The number of rotatable bonds is 4. The first kappa shape index (κ1) is 27.2. The fraction of sp³-hybridized carbons (Fsp3) is 0.333. The number of carbonyl (C=O) groups excluding carboxylic acids is 2. The Hall–Kier alpha value is -3.68. The highest BCUT2D eigenvalue weighted by Crippen LogP contribution is 2.56.